The molecular weight excluding hydrogens is 433 g/mol. The quantitative estimate of drug-likeness (QED) is 0.330. The number of hydrogen-bond donors (Lipinski definition) is 2. The van der Waals surface area contributed by atoms with Crippen molar-refractivity contribution < 1.29 is 9.59 Å². The molecule has 1 aromatic heterocycles. The summed E-state index contributed by atoms with van der Waals surface area (Å²) in [5.74, 6) is 6.17. The molecule has 0 fully saturated rings. The van der Waals surface area contributed by atoms with Crippen molar-refractivity contribution in [3.05, 3.63) is 58.1 Å². The van der Waals surface area contributed by atoms with Gasteiger partial charge in [0.1, 0.15) is 0 Å². The monoisotopic (exact) mass is 449 g/mol. The number of halogens is 2. The fourth-order valence-electron chi connectivity index (χ4n) is 2.45. The van der Waals surface area contributed by atoms with Gasteiger partial charge in [0.25, 0.3) is 0 Å². The van der Waals surface area contributed by atoms with E-state index in [4.69, 9.17) is 29.0 Å². The van der Waals surface area contributed by atoms with E-state index in [1.807, 2.05) is 0 Å². The normalized spacial score (nSPS) is 11.9. The molecule has 0 radical (unpaired) electrons. The number of rotatable bonds is 6. The first-order valence-electron chi connectivity index (χ1n) is 8.50. The van der Waals surface area contributed by atoms with Gasteiger partial charge < -0.3 is 11.2 Å². The number of carbonyl (C=O) groups excluding carboxylic acids is 2. The van der Waals surface area contributed by atoms with E-state index in [0.717, 1.165) is 11.8 Å². The summed E-state index contributed by atoms with van der Waals surface area (Å²) in [7, 11) is 0. The Morgan fingerprint density at radius 2 is 1.83 bits per heavy atom. The Hall–Kier alpha value is -2.55. The number of Topliss-reactive ketones (excluding diaryl/α,β-unsaturated/α-hetero) is 1. The summed E-state index contributed by atoms with van der Waals surface area (Å²) in [5, 5.41) is 11.7. The number of nitrogen functional groups attached to an aromatic ring is 1. The van der Waals surface area contributed by atoms with Gasteiger partial charge in [-0.2, -0.15) is 0 Å². The van der Waals surface area contributed by atoms with Crippen molar-refractivity contribution in [1.82, 2.24) is 14.9 Å². The van der Waals surface area contributed by atoms with Crippen molar-refractivity contribution in [2.24, 2.45) is 0 Å². The highest BCUT2D eigenvalue weighted by atomic mass is 35.5. The highest BCUT2D eigenvalue weighted by Gasteiger charge is 2.21. The van der Waals surface area contributed by atoms with Gasteiger partial charge in [0.15, 0.2) is 11.6 Å². The zero-order chi connectivity index (χ0) is 21.1. The summed E-state index contributed by atoms with van der Waals surface area (Å²) in [6.45, 7) is 3.21. The molecule has 150 valence electrons. The Morgan fingerprint density at radius 1 is 1.14 bits per heavy atom. The van der Waals surface area contributed by atoms with Crippen LogP contribution in [-0.2, 0) is 4.79 Å². The third-order valence-corrected chi connectivity index (χ3v) is 5.67. The second-order valence-electron chi connectivity index (χ2n) is 6.18. The molecule has 10 heteroatoms. The molecule has 0 aliphatic heterocycles. The van der Waals surface area contributed by atoms with E-state index >= 15 is 0 Å². The van der Waals surface area contributed by atoms with Crippen molar-refractivity contribution in [2.75, 3.05) is 11.2 Å². The fraction of sp³-hybridized carbons (Fsp3) is 0.158. The van der Waals surface area contributed by atoms with E-state index in [9.17, 15) is 9.59 Å². The molecule has 1 heterocycles. The van der Waals surface area contributed by atoms with Crippen molar-refractivity contribution >= 4 is 52.3 Å². The second-order valence-corrected chi connectivity index (χ2v) is 8.33. The van der Waals surface area contributed by atoms with Crippen molar-refractivity contribution in [3.8, 4) is 11.4 Å². The third kappa shape index (κ3) is 4.90. The van der Waals surface area contributed by atoms with Crippen LogP contribution < -0.4 is 11.2 Å². The predicted octanol–water partition coefficient (Wildman–Crippen LogP) is 4.29. The van der Waals surface area contributed by atoms with E-state index in [1.54, 1.807) is 49.4 Å². The number of nitrogens with one attached hydrogen (secondary N) is 1. The maximum absolute atomic E-state index is 12.5. The summed E-state index contributed by atoms with van der Waals surface area (Å²) >= 11 is 13.4. The van der Waals surface area contributed by atoms with Crippen LogP contribution in [0.15, 0.2) is 47.6 Å². The summed E-state index contributed by atoms with van der Waals surface area (Å²) in [6.07, 6.45) is 0. The smallest absolute Gasteiger partial charge is 0.237 e. The Kier molecular flexibility index (Phi) is 6.46. The number of amides is 1. The van der Waals surface area contributed by atoms with E-state index < -0.39 is 5.25 Å². The van der Waals surface area contributed by atoms with Gasteiger partial charge in [-0.25, -0.2) is 4.68 Å². The molecule has 7 nitrogen and oxygen atoms in total. The highest BCUT2D eigenvalue weighted by molar-refractivity contribution is 8.00. The number of thioether (sulfide) groups is 1. The lowest BCUT2D eigenvalue weighted by Gasteiger charge is -2.12. The minimum absolute atomic E-state index is 0.0373. The first-order chi connectivity index (χ1) is 13.8. The first-order valence-corrected chi connectivity index (χ1v) is 10.1. The highest BCUT2D eigenvalue weighted by Crippen LogP contribution is 2.31. The Labute approximate surface area is 181 Å². The van der Waals surface area contributed by atoms with Gasteiger partial charge in [0, 0.05) is 21.8 Å². The van der Waals surface area contributed by atoms with Gasteiger partial charge in [0.05, 0.1) is 10.3 Å². The van der Waals surface area contributed by atoms with Gasteiger partial charge in [-0.05, 0) is 56.3 Å². The van der Waals surface area contributed by atoms with Gasteiger partial charge in [-0.15, -0.1) is 10.2 Å². The number of benzene rings is 2. The topological polar surface area (TPSA) is 103 Å². The van der Waals surface area contributed by atoms with E-state index in [2.05, 4.69) is 15.5 Å². The van der Waals surface area contributed by atoms with Crippen LogP contribution in [-0.4, -0.2) is 31.8 Å². The lowest BCUT2D eigenvalue weighted by molar-refractivity contribution is -0.115. The molecule has 0 aliphatic carbocycles. The van der Waals surface area contributed by atoms with Crippen LogP contribution in [0.4, 0.5) is 5.69 Å². The molecule has 29 heavy (non-hydrogen) atoms. The lowest BCUT2D eigenvalue weighted by Crippen LogP contribution is -2.23. The summed E-state index contributed by atoms with van der Waals surface area (Å²) in [5.41, 5.74) is 1.71. The van der Waals surface area contributed by atoms with Gasteiger partial charge in [-0.1, -0.05) is 35.0 Å². The minimum Gasteiger partial charge on any atom is -0.335 e. The minimum atomic E-state index is -0.503. The molecule has 1 amide bonds. The molecule has 0 saturated heterocycles. The first kappa shape index (κ1) is 21.2. The Morgan fingerprint density at radius 3 is 2.48 bits per heavy atom. The third-order valence-electron chi connectivity index (χ3n) is 4.04. The lowest BCUT2D eigenvalue weighted by atomic mass is 10.1. The van der Waals surface area contributed by atoms with Crippen LogP contribution in [0.2, 0.25) is 10.0 Å². The Bertz CT molecular complexity index is 1070. The molecule has 3 N–H and O–H groups in total. The molecule has 0 bridgehead atoms. The van der Waals surface area contributed by atoms with E-state index in [-0.39, 0.29) is 11.7 Å². The molecule has 0 spiro atoms. The largest absolute Gasteiger partial charge is 0.335 e. The van der Waals surface area contributed by atoms with Crippen LogP contribution in [0.25, 0.3) is 11.4 Å². The van der Waals surface area contributed by atoms with Gasteiger partial charge in [-0.3, -0.25) is 9.59 Å². The zero-order valence-corrected chi connectivity index (χ0v) is 17.8. The molecule has 3 rings (SSSR count). The summed E-state index contributed by atoms with van der Waals surface area (Å²) in [6, 6.07) is 11.6. The molecule has 3 aromatic rings. The maximum Gasteiger partial charge on any atom is 0.237 e. The van der Waals surface area contributed by atoms with E-state index in [0.29, 0.717) is 37.8 Å². The number of aromatic nitrogens is 3. The number of nitrogens with two attached hydrogens (primary N) is 1. The average Bonchev–Trinajstić information content (AvgIpc) is 3.04. The van der Waals surface area contributed by atoms with Gasteiger partial charge >= 0.3 is 0 Å². The van der Waals surface area contributed by atoms with E-state index in [1.165, 1.54) is 11.6 Å². The van der Waals surface area contributed by atoms with Crippen LogP contribution >= 0.6 is 35.0 Å². The average molecular weight is 450 g/mol. The van der Waals surface area contributed by atoms with Crippen molar-refractivity contribution in [2.45, 2.75) is 24.3 Å². The molecule has 0 aliphatic rings. The Balaban J connectivity index is 1.71. The van der Waals surface area contributed by atoms with Crippen LogP contribution in [0.5, 0.6) is 0 Å². The predicted molar refractivity (Wildman–Crippen MR) is 116 cm³/mol. The molecule has 1 atom stereocenters. The van der Waals surface area contributed by atoms with Crippen LogP contribution in [0.3, 0.4) is 0 Å². The number of carbonyl (C=O) groups is 2. The number of anilines is 1. The molecular formula is C19H17Cl2N5O2S. The van der Waals surface area contributed by atoms with Gasteiger partial charge in [0.2, 0.25) is 11.1 Å². The molecule has 1 unspecified atom stereocenters. The van der Waals surface area contributed by atoms with Crippen molar-refractivity contribution in [3.63, 3.8) is 0 Å². The van der Waals surface area contributed by atoms with Crippen molar-refractivity contribution in [1.29, 1.82) is 0 Å². The summed E-state index contributed by atoms with van der Waals surface area (Å²) in [4.78, 5) is 23.8. The van der Waals surface area contributed by atoms with Crippen LogP contribution in [0.1, 0.15) is 24.2 Å². The second kappa shape index (κ2) is 8.86. The zero-order valence-electron chi connectivity index (χ0n) is 15.5. The fourth-order valence-corrected chi connectivity index (χ4v) is 3.60. The SMILES string of the molecule is CC(=O)c1ccc(NC(=O)C(C)Sc2nnc(-c3cc(Cl)ccc3Cl)n2N)cc1. The van der Waals surface area contributed by atoms with Crippen LogP contribution in [0, 0.1) is 0 Å². The molecule has 0 saturated carbocycles. The number of nitrogens with zero attached hydrogens (tertiary/aromatic N) is 3. The number of ketones is 1. The summed E-state index contributed by atoms with van der Waals surface area (Å²) < 4.78 is 1.27. The molecule has 2 aromatic carbocycles. The maximum atomic E-state index is 12.5. The number of hydrogen-bond acceptors (Lipinski definition) is 6. The standard InChI is InChI=1S/C19H17Cl2N5O2S/c1-10(27)12-3-6-14(7-4-12)23-18(28)11(2)29-19-25-24-17(26(19)22)15-9-13(20)5-8-16(15)21/h3-9,11H,22H2,1-2H3,(H,23,28).